The predicted octanol–water partition coefficient (Wildman–Crippen LogP) is 2.22. The summed E-state index contributed by atoms with van der Waals surface area (Å²) in [5, 5.41) is 15.6. The number of hydroxylamine groups is 2. The van der Waals surface area contributed by atoms with Crippen LogP contribution < -0.4 is 21.1 Å². The van der Waals surface area contributed by atoms with Crippen LogP contribution in [0.1, 0.15) is 66.9 Å². The van der Waals surface area contributed by atoms with Crippen molar-refractivity contribution in [3.05, 3.63) is 41.7 Å². The van der Waals surface area contributed by atoms with Crippen LogP contribution in [0.25, 0.3) is 11.3 Å². The first-order valence-electron chi connectivity index (χ1n) is 12.9. The predicted molar refractivity (Wildman–Crippen MR) is 142 cm³/mol. The second-order valence-electron chi connectivity index (χ2n) is 8.92. The van der Waals surface area contributed by atoms with Gasteiger partial charge in [0.25, 0.3) is 11.8 Å². The topological polar surface area (TPSA) is 190 Å². The first-order chi connectivity index (χ1) is 19.2. The molecule has 2 atom stereocenters. The minimum Gasteiger partial charge on any atom is -0.480 e. The zero-order valence-corrected chi connectivity index (χ0v) is 22.8. The molecule has 2 rings (SSSR count). The second-order valence-corrected chi connectivity index (χ2v) is 8.92. The second kappa shape index (κ2) is 15.9. The van der Waals surface area contributed by atoms with Gasteiger partial charge in [-0.3, -0.25) is 24.4 Å². The van der Waals surface area contributed by atoms with Gasteiger partial charge in [0.15, 0.2) is 23.9 Å². The van der Waals surface area contributed by atoms with E-state index in [-0.39, 0.29) is 35.9 Å². The normalized spacial score (nSPS) is 12.1. The summed E-state index contributed by atoms with van der Waals surface area (Å²) in [7, 11) is 1.24. The van der Waals surface area contributed by atoms with Gasteiger partial charge in [0.05, 0.1) is 31.3 Å². The Balaban J connectivity index is 2.18. The van der Waals surface area contributed by atoms with Gasteiger partial charge in [-0.1, -0.05) is 45.2 Å². The summed E-state index contributed by atoms with van der Waals surface area (Å²) < 4.78 is 15.8. The maximum Gasteiger partial charge on any atom is 0.337 e. The zero-order valence-electron chi connectivity index (χ0n) is 22.8. The Morgan fingerprint density at radius 3 is 2.52 bits per heavy atom. The summed E-state index contributed by atoms with van der Waals surface area (Å²) in [6, 6.07) is 6.73. The average Bonchev–Trinajstić information content (AvgIpc) is 3.39. The molecule has 0 radical (unpaired) electrons. The zero-order chi connectivity index (χ0) is 29.7. The molecule has 218 valence electrons. The monoisotopic (exact) mass is 560 g/mol. The van der Waals surface area contributed by atoms with E-state index in [9.17, 15) is 29.2 Å². The van der Waals surface area contributed by atoms with Gasteiger partial charge in [-0.15, -0.1) is 0 Å². The van der Waals surface area contributed by atoms with E-state index in [0.717, 1.165) is 19.3 Å². The summed E-state index contributed by atoms with van der Waals surface area (Å²) in [4.78, 5) is 60.1. The van der Waals surface area contributed by atoms with Gasteiger partial charge in [-0.05, 0) is 25.0 Å². The van der Waals surface area contributed by atoms with Crippen LogP contribution in [-0.4, -0.2) is 66.8 Å². The highest BCUT2D eigenvalue weighted by atomic mass is 16.5. The molecular formula is C27H36N4O9. The van der Waals surface area contributed by atoms with Crippen LogP contribution in [0.15, 0.2) is 34.7 Å². The summed E-state index contributed by atoms with van der Waals surface area (Å²) in [5.74, 6) is -3.25. The van der Waals surface area contributed by atoms with E-state index in [4.69, 9.17) is 19.6 Å². The van der Waals surface area contributed by atoms with Crippen molar-refractivity contribution in [2.45, 2.75) is 52.0 Å². The quantitative estimate of drug-likeness (QED) is 0.0561. The lowest BCUT2D eigenvalue weighted by Crippen LogP contribution is -2.47. The number of nitrogens with two attached hydrogens (primary N) is 1. The number of rotatable bonds is 17. The van der Waals surface area contributed by atoms with E-state index in [1.807, 2.05) is 6.92 Å². The Labute approximate surface area is 231 Å². The Bertz CT molecular complexity index is 1180. The fourth-order valence-electron chi connectivity index (χ4n) is 4.13. The lowest BCUT2D eigenvalue weighted by molar-refractivity contribution is -0.168. The van der Waals surface area contributed by atoms with Crippen LogP contribution in [0.3, 0.4) is 0 Å². The van der Waals surface area contributed by atoms with Crippen molar-refractivity contribution in [1.82, 2.24) is 15.7 Å². The van der Waals surface area contributed by atoms with Gasteiger partial charge in [-0.2, -0.15) is 0 Å². The third kappa shape index (κ3) is 8.83. The van der Waals surface area contributed by atoms with Gasteiger partial charge in [0.2, 0.25) is 12.3 Å². The number of unbranched alkanes of at least 4 members (excludes halogenated alkanes) is 2. The molecule has 0 aliphatic rings. The van der Waals surface area contributed by atoms with Crippen molar-refractivity contribution < 1.29 is 43.1 Å². The van der Waals surface area contributed by atoms with E-state index in [1.165, 1.54) is 25.3 Å². The largest absolute Gasteiger partial charge is 0.480 e. The SMILES string of the molecule is CCCCC[C@@H](C(=O)NCNC(=O)c1cc(OCC(N)=O)c(-c2cccc(C(=O)OC)c2)o1)[C@@H](CC)N(O)C=O. The molecule has 5 N–H and O–H groups in total. The fourth-order valence-corrected chi connectivity index (χ4v) is 4.13. The minimum atomic E-state index is -0.751. The van der Waals surface area contributed by atoms with Crippen LogP contribution in [0.2, 0.25) is 0 Å². The molecule has 13 heteroatoms. The smallest absolute Gasteiger partial charge is 0.337 e. The molecule has 0 saturated heterocycles. The van der Waals surface area contributed by atoms with E-state index in [0.29, 0.717) is 23.5 Å². The number of amides is 4. The number of hydrogen-bond donors (Lipinski definition) is 4. The third-order valence-electron chi connectivity index (χ3n) is 6.14. The lowest BCUT2D eigenvalue weighted by Gasteiger charge is -2.29. The van der Waals surface area contributed by atoms with E-state index < -0.39 is 42.3 Å². The van der Waals surface area contributed by atoms with Crippen molar-refractivity contribution in [3.63, 3.8) is 0 Å². The van der Waals surface area contributed by atoms with Crippen molar-refractivity contribution in [2.24, 2.45) is 11.7 Å². The van der Waals surface area contributed by atoms with Gasteiger partial charge in [0.1, 0.15) is 0 Å². The number of nitrogens with one attached hydrogen (secondary N) is 2. The maximum absolute atomic E-state index is 12.9. The number of nitrogens with zero attached hydrogens (tertiary/aromatic N) is 1. The van der Waals surface area contributed by atoms with Crippen LogP contribution in [0, 0.1) is 5.92 Å². The van der Waals surface area contributed by atoms with Crippen molar-refractivity contribution in [3.8, 4) is 17.1 Å². The molecule has 0 aliphatic heterocycles. The summed E-state index contributed by atoms with van der Waals surface area (Å²) in [5.41, 5.74) is 5.78. The Hall–Kier alpha value is -4.39. The molecule has 0 spiro atoms. The Kier molecular flexibility index (Phi) is 12.6. The number of carbonyl (C=O) groups is 5. The Morgan fingerprint density at radius 1 is 1.15 bits per heavy atom. The minimum absolute atomic E-state index is 0.0358. The highest BCUT2D eigenvalue weighted by Crippen LogP contribution is 2.34. The van der Waals surface area contributed by atoms with Gasteiger partial charge in [-0.25, -0.2) is 9.86 Å². The standard InChI is InChI=1S/C27H36N4O9/c1-4-6-7-11-19(20(5-2)31(37)16-32)25(34)29-15-30-26(35)22-13-21(39-14-23(28)33)24(40-22)17-9-8-10-18(12-17)27(36)38-3/h8-10,12-13,16,19-20,37H,4-7,11,14-15H2,1-3H3,(H2,28,33)(H,29,34)(H,30,35)/t19-,20-/m1/s1. The number of primary amides is 1. The highest BCUT2D eigenvalue weighted by molar-refractivity contribution is 5.94. The van der Waals surface area contributed by atoms with E-state index >= 15 is 0 Å². The van der Waals surface area contributed by atoms with Crippen LogP contribution in [0.5, 0.6) is 5.75 Å². The van der Waals surface area contributed by atoms with Crippen molar-refractivity contribution in [1.29, 1.82) is 0 Å². The van der Waals surface area contributed by atoms with Crippen molar-refractivity contribution in [2.75, 3.05) is 20.4 Å². The summed E-state index contributed by atoms with van der Waals surface area (Å²) in [6.07, 6.45) is 3.61. The first-order valence-corrected chi connectivity index (χ1v) is 12.9. The molecule has 40 heavy (non-hydrogen) atoms. The summed E-state index contributed by atoms with van der Waals surface area (Å²) in [6.45, 7) is 3.02. The number of esters is 1. The molecule has 0 aliphatic carbocycles. The van der Waals surface area contributed by atoms with Crippen LogP contribution >= 0.6 is 0 Å². The van der Waals surface area contributed by atoms with E-state index in [2.05, 4.69) is 10.6 Å². The molecule has 13 nitrogen and oxygen atoms in total. The molecule has 0 bridgehead atoms. The van der Waals surface area contributed by atoms with Gasteiger partial charge in [0, 0.05) is 11.6 Å². The average molecular weight is 561 g/mol. The number of hydrogen-bond acceptors (Lipinski definition) is 9. The number of carbonyl (C=O) groups excluding carboxylic acids is 5. The maximum atomic E-state index is 12.9. The number of methoxy groups -OCH3 is 1. The molecule has 0 unspecified atom stereocenters. The molecule has 4 amide bonds. The third-order valence-corrected chi connectivity index (χ3v) is 6.14. The Morgan fingerprint density at radius 2 is 1.90 bits per heavy atom. The molecule has 1 heterocycles. The van der Waals surface area contributed by atoms with Gasteiger partial charge >= 0.3 is 5.97 Å². The molecule has 1 aromatic carbocycles. The molecule has 2 aromatic rings. The van der Waals surface area contributed by atoms with Gasteiger partial charge < -0.3 is 30.3 Å². The van der Waals surface area contributed by atoms with Crippen molar-refractivity contribution >= 4 is 30.1 Å². The van der Waals surface area contributed by atoms with Crippen LogP contribution in [-0.2, 0) is 19.1 Å². The summed E-state index contributed by atoms with van der Waals surface area (Å²) >= 11 is 0. The van der Waals surface area contributed by atoms with Crippen LogP contribution in [0.4, 0.5) is 0 Å². The lowest BCUT2D eigenvalue weighted by atomic mass is 9.90. The highest BCUT2D eigenvalue weighted by Gasteiger charge is 2.30. The first kappa shape index (κ1) is 31.8. The molecule has 0 fully saturated rings. The number of ether oxygens (including phenoxy) is 2. The number of furan rings is 1. The fraction of sp³-hybridized carbons (Fsp3) is 0.444. The molecule has 1 aromatic heterocycles. The molecule has 0 saturated carbocycles. The molecular weight excluding hydrogens is 524 g/mol. The van der Waals surface area contributed by atoms with E-state index in [1.54, 1.807) is 19.1 Å². The number of benzene rings is 1.